The van der Waals surface area contributed by atoms with Crippen LogP contribution < -0.4 is 4.90 Å². The summed E-state index contributed by atoms with van der Waals surface area (Å²) in [5.41, 5.74) is 1.06. The SMILES string of the molecule is O=C(OCc1cccc(C(F)(F)F)c1)C1CCN(c2nc3ccccc3o2)CC1. The Bertz CT molecular complexity index is 975. The molecule has 0 unspecified atom stereocenters. The van der Waals surface area contributed by atoms with Crippen molar-refractivity contribution < 1.29 is 27.1 Å². The molecule has 1 fully saturated rings. The third-order valence-electron chi connectivity index (χ3n) is 5.02. The number of alkyl halides is 3. The number of ether oxygens (including phenoxy) is 1. The average Bonchev–Trinajstić information content (AvgIpc) is 3.16. The molecule has 1 aromatic heterocycles. The fourth-order valence-corrected chi connectivity index (χ4v) is 3.41. The molecule has 0 bridgehead atoms. The number of esters is 1. The number of benzene rings is 2. The van der Waals surface area contributed by atoms with Gasteiger partial charge in [-0.25, -0.2) is 0 Å². The van der Waals surface area contributed by atoms with Crippen LogP contribution in [0.2, 0.25) is 0 Å². The summed E-state index contributed by atoms with van der Waals surface area (Å²) in [5, 5.41) is 0. The fraction of sp³-hybridized carbons (Fsp3) is 0.333. The zero-order chi connectivity index (χ0) is 20.4. The monoisotopic (exact) mass is 404 g/mol. The molecular formula is C21H19F3N2O3. The Morgan fingerprint density at radius 1 is 1.14 bits per heavy atom. The maximum absolute atomic E-state index is 12.8. The Kier molecular flexibility index (Phi) is 5.17. The van der Waals surface area contributed by atoms with Gasteiger partial charge >= 0.3 is 12.1 Å². The predicted octanol–water partition coefficient (Wildman–Crippen LogP) is 4.81. The number of rotatable bonds is 4. The van der Waals surface area contributed by atoms with Crippen LogP contribution in [0.5, 0.6) is 0 Å². The topological polar surface area (TPSA) is 55.6 Å². The number of fused-ring (bicyclic) bond motifs is 1. The number of aromatic nitrogens is 1. The number of hydrogen-bond acceptors (Lipinski definition) is 5. The molecule has 0 saturated carbocycles. The minimum Gasteiger partial charge on any atom is -0.461 e. The van der Waals surface area contributed by atoms with E-state index in [1.54, 1.807) is 0 Å². The smallest absolute Gasteiger partial charge is 0.416 e. The van der Waals surface area contributed by atoms with Gasteiger partial charge in [-0.1, -0.05) is 24.3 Å². The minimum atomic E-state index is -4.42. The van der Waals surface area contributed by atoms with E-state index in [0.717, 1.165) is 17.6 Å². The van der Waals surface area contributed by atoms with Gasteiger partial charge in [-0.15, -0.1) is 0 Å². The van der Waals surface area contributed by atoms with Crippen molar-refractivity contribution in [2.24, 2.45) is 5.92 Å². The Morgan fingerprint density at radius 2 is 1.90 bits per heavy atom. The highest BCUT2D eigenvalue weighted by Crippen LogP contribution is 2.30. The van der Waals surface area contributed by atoms with Gasteiger partial charge in [0.1, 0.15) is 12.1 Å². The van der Waals surface area contributed by atoms with Crippen molar-refractivity contribution >= 4 is 23.1 Å². The van der Waals surface area contributed by atoms with Crippen LogP contribution in [0.3, 0.4) is 0 Å². The molecule has 0 atom stereocenters. The van der Waals surface area contributed by atoms with Crippen molar-refractivity contribution in [1.29, 1.82) is 0 Å². The minimum absolute atomic E-state index is 0.173. The van der Waals surface area contributed by atoms with Gasteiger partial charge in [-0.3, -0.25) is 4.79 Å². The van der Waals surface area contributed by atoms with Gasteiger partial charge in [-0.2, -0.15) is 18.2 Å². The first-order valence-corrected chi connectivity index (χ1v) is 9.33. The molecule has 5 nitrogen and oxygen atoms in total. The Labute approximate surface area is 165 Å². The number of carbonyl (C=O) groups excluding carboxylic acids is 1. The van der Waals surface area contributed by atoms with Crippen molar-refractivity contribution in [1.82, 2.24) is 4.98 Å². The lowest BCUT2D eigenvalue weighted by Crippen LogP contribution is -2.37. The molecule has 3 aromatic rings. The fourth-order valence-electron chi connectivity index (χ4n) is 3.41. The maximum Gasteiger partial charge on any atom is 0.416 e. The standard InChI is InChI=1S/C21H19F3N2O3/c22-21(23,24)16-5-3-4-14(12-16)13-28-19(27)15-8-10-26(11-9-15)20-25-17-6-1-2-7-18(17)29-20/h1-7,12,15H,8-11,13H2. The lowest BCUT2D eigenvalue weighted by atomic mass is 9.97. The van der Waals surface area contributed by atoms with E-state index in [9.17, 15) is 18.0 Å². The third-order valence-corrected chi connectivity index (χ3v) is 5.02. The number of nitrogens with zero attached hydrogens (tertiary/aromatic N) is 2. The van der Waals surface area contributed by atoms with Gasteiger partial charge in [0.05, 0.1) is 11.5 Å². The number of oxazole rings is 1. The Hall–Kier alpha value is -3.03. The number of carbonyl (C=O) groups is 1. The summed E-state index contributed by atoms with van der Waals surface area (Å²) in [6, 6.07) is 12.8. The van der Waals surface area contributed by atoms with Crippen molar-refractivity contribution in [3.05, 3.63) is 59.7 Å². The van der Waals surface area contributed by atoms with Gasteiger partial charge in [-0.05, 0) is 42.7 Å². The lowest BCUT2D eigenvalue weighted by Gasteiger charge is -2.29. The van der Waals surface area contributed by atoms with Gasteiger partial charge in [0.15, 0.2) is 5.58 Å². The van der Waals surface area contributed by atoms with Crippen molar-refractivity contribution in [3.63, 3.8) is 0 Å². The molecule has 2 heterocycles. The highest BCUT2D eigenvalue weighted by atomic mass is 19.4. The molecule has 0 radical (unpaired) electrons. The molecule has 152 valence electrons. The summed E-state index contributed by atoms with van der Waals surface area (Å²) < 4.78 is 49.3. The van der Waals surface area contributed by atoms with E-state index in [1.165, 1.54) is 12.1 Å². The second-order valence-corrected chi connectivity index (χ2v) is 7.03. The zero-order valence-electron chi connectivity index (χ0n) is 15.5. The van der Waals surface area contributed by atoms with Crippen LogP contribution in [0, 0.1) is 5.92 Å². The summed E-state index contributed by atoms with van der Waals surface area (Å²) in [4.78, 5) is 18.8. The average molecular weight is 404 g/mol. The first-order valence-electron chi connectivity index (χ1n) is 9.33. The summed E-state index contributed by atoms with van der Waals surface area (Å²) in [5.74, 6) is -0.680. The molecule has 0 amide bonds. The van der Waals surface area contributed by atoms with Crippen LogP contribution in [-0.4, -0.2) is 24.0 Å². The molecular weight excluding hydrogens is 385 g/mol. The molecule has 8 heteroatoms. The van der Waals surface area contributed by atoms with E-state index < -0.39 is 11.7 Å². The second-order valence-electron chi connectivity index (χ2n) is 7.03. The first-order chi connectivity index (χ1) is 13.9. The van der Waals surface area contributed by atoms with Crippen molar-refractivity contribution in [2.75, 3.05) is 18.0 Å². The summed E-state index contributed by atoms with van der Waals surface area (Å²) in [7, 11) is 0. The predicted molar refractivity (Wildman–Crippen MR) is 100 cm³/mol. The summed E-state index contributed by atoms with van der Waals surface area (Å²) in [6.07, 6.45) is -3.28. The van der Waals surface area contributed by atoms with Gasteiger partial charge in [0.2, 0.25) is 0 Å². The van der Waals surface area contributed by atoms with Crippen LogP contribution >= 0.6 is 0 Å². The molecule has 2 aromatic carbocycles. The molecule has 4 rings (SSSR count). The molecule has 1 aliphatic rings. The summed E-state index contributed by atoms with van der Waals surface area (Å²) in [6.45, 7) is 1.01. The van der Waals surface area contributed by atoms with E-state index in [2.05, 4.69) is 4.98 Å². The van der Waals surface area contributed by atoms with Gasteiger partial charge < -0.3 is 14.1 Å². The third kappa shape index (κ3) is 4.36. The normalized spacial score (nSPS) is 15.6. The van der Waals surface area contributed by atoms with Crippen molar-refractivity contribution in [2.45, 2.75) is 25.6 Å². The highest BCUT2D eigenvalue weighted by molar-refractivity contribution is 5.75. The zero-order valence-corrected chi connectivity index (χ0v) is 15.5. The molecule has 0 aliphatic carbocycles. The van der Waals surface area contributed by atoms with E-state index in [-0.39, 0.29) is 18.5 Å². The van der Waals surface area contributed by atoms with Crippen LogP contribution in [0.25, 0.3) is 11.1 Å². The lowest BCUT2D eigenvalue weighted by molar-refractivity contribution is -0.150. The van der Waals surface area contributed by atoms with Crippen LogP contribution in [0.1, 0.15) is 24.0 Å². The number of para-hydroxylation sites is 2. The van der Waals surface area contributed by atoms with Gasteiger partial charge in [0, 0.05) is 13.1 Å². The largest absolute Gasteiger partial charge is 0.461 e. The number of halogens is 3. The van der Waals surface area contributed by atoms with Gasteiger partial charge in [0.25, 0.3) is 6.01 Å². The maximum atomic E-state index is 12.8. The van der Waals surface area contributed by atoms with Crippen LogP contribution in [-0.2, 0) is 22.3 Å². The molecule has 1 aliphatic heterocycles. The van der Waals surface area contributed by atoms with Crippen LogP contribution in [0.4, 0.5) is 19.2 Å². The van der Waals surface area contributed by atoms with Crippen molar-refractivity contribution in [3.8, 4) is 0 Å². The highest BCUT2D eigenvalue weighted by Gasteiger charge is 2.31. The number of hydrogen-bond donors (Lipinski definition) is 0. The van der Waals surface area contributed by atoms with E-state index in [0.29, 0.717) is 43.1 Å². The molecule has 29 heavy (non-hydrogen) atoms. The number of anilines is 1. The molecule has 1 saturated heterocycles. The Morgan fingerprint density at radius 3 is 2.62 bits per heavy atom. The van der Waals surface area contributed by atoms with E-state index in [4.69, 9.17) is 9.15 Å². The molecule has 0 spiro atoms. The van der Waals surface area contributed by atoms with E-state index >= 15 is 0 Å². The summed E-state index contributed by atoms with van der Waals surface area (Å²) >= 11 is 0. The Balaban J connectivity index is 1.31. The first kappa shape index (κ1) is 19.3. The molecule has 0 N–H and O–H groups in total. The van der Waals surface area contributed by atoms with Crippen LogP contribution in [0.15, 0.2) is 52.9 Å². The quantitative estimate of drug-likeness (QED) is 0.585. The number of piperidine rings is 1. The van der Waals surface area contributed by atoms with E-state index in [1.807, 2.05) is 29.2 Å². The second kappa shape index (κ2) is 7.77.